The van der Waals surface area contributed by atoms with Crippen LogP contribution >= 0.6 is 22.9 Å². The molecule has 4 rings (SSSR count). The smallest absolute Gasteiger partial charge is 0.166 e. The molecule has 7 heteroatoms. The molecule has 21 heavy (non-hydrogen) atoms. The zero-order valence-electron chi connectivity index (χ0n) is 10.9. The Morgan fingerprint density at radius 3 is 2.76 bits per heavy atom. The molecule has 0 spiro atoms. The first-order chi connectivity index (χ1) is 10.2. The number of pyridine rings is 2. The molecule has 1 aliphatic rings. The molecule has 1 fully saturated rings. The fourth-order valence-electron chi connectivity index (χ4n) is 2.24. The first kappa shape index (κ1) is 12.9. The molecule has 4 nitrogen and oxygen atoms in total. The summed E-state index contributed by atoms with van der Waals surface area (Å²) >= 11 is 7.32. The lowest BCUT2D eigenvalue weighted by atomic mass is 10.2. The Kier molecular flexibility index (Phi) is 3.01. The molecule has 0 atom stereocenters. The minimum absolute atomic E-state index is 0.303. The van der Waals surface area contributed by atoms with E-state index in [4.69, 9.17) is 11.6 Å². The lowest BCUT2D eigenvalue weighted by Gasteiger charge is -2.32. The van der Waals surface area contributed by atoms with Gasteiger partial charge in [0, 0.05) is 24.8 Å². The number of rotatable bonds is 2. The molecule has 0 amide bonds. The molecule has 0 N–H and O–H groups in total. The Bertz CT molecular complexity index is 831. The van der Waals surface area contributed by atoms with E-state index >= 15 is 0 Å². The Labute approximate surface area is 129 Å². The average molecular weight is 321 g/mol. The Morgan fingerprint density at radius 1 is 1.19 bits per heavy atom. The third kappa shape index (κ3) is 2.24. The monoisotopic (exact) mass is 320 g/mol. The third-order valence-electron chi connectivity index (χ3n) is 3.47. The Hall–Kier alpha value is -1.79. The number of aromatic nitrogens is 3. The largest absolute Gasteiger partial charge is 0.354 e. The summed E-state index contributed by atoms with van der Waals surface area (Å²) in [6, 6.07) is 3.25. The van der Waals surface area contributed by atoms with Gasteiger partial charge in [0.05, 0.1) is 10.9 Å². The van der Waals surface area contributed by atoms with E-state index in [1.165, 1.54) is 17.4 Å². The first-order valence-electron chi connectivity index (χ1n) is 6.54. The fraction of sp³-hybridized carbons (Fsp3) is 0.214. The second-order valence-electron chi connectivity index (χ2n) is 4.86. The maximum absolute atomic E-state index is 14.2. The van der Waals surface area contributed by atoms with Crippen LogP contribution in [0.1, 0.15) is 6.42 Å². The van der Waals surface area contributed by atoms with E-state index in [0.717, 1.165) is 34.7 Å². The Balaban J connectivity index is 1.75. The standard InChI is InChI=1S/C14H10ClFN4S/c15-12-5-11-10(7-17-12)19-14(21-11)8-4-9(16)13(18-6-8)20-2-1-3-20/h4-7H,1-3H2. The van der Waals surface area contributed by atoms with Crippen LogP contribution in [0, 0.1) is 5.82 Å². The van der Waals surface area contributed by atoms with Crippen LogP contribution in [0.25, 0.3) is 20.8 Å². The van der Waals surface area contributed by atoms with Crippen LogP contribution in [-0.4, -0.2) is 28.0 Å². The van der Waals surface area contributed by atoms with Crippen LogP contribution in [0.2, 0.25) is 5.15 Å². The summed E-state index contributed by atoms with van der Waals surface area (Å²) in [5.41, 5.74) is 1.43. The molecule has 1 saturated heterocycles. The van der Waals surface area contributed by atoms with Gasteiger partial charge in [0.25, 0.3) is 0 Å². The summed E-state index contributed by atoms with van der Waals surface area (Å²) in [7, 11) is 0. The van der Waals surface area contributed by atoms with Crippen molar-refractivity contribution in [3.63, 3.8) is 0 Å². The number of thiazole rings is 1. The number of fused-ring (bicyclic) bond motifs is 1. The molecular weight excluding hydrogens is 311 g/mol. The fourth-order valence-corrected chi connectivity index (χ4v) is 3.42. The molecule has 0 unspecified atom stereocenters. The van der Waals surface area contributed by atoms with Crippen molar-refractivity contribution in [3.05, 3.63) is 35.5 Å². The molecule has 4 heterocycles. The lowest BCUT2D eigenvalue weighted by Crippen LogP contribution is -2.38. The number of halogens is 2. The van der Waals surface area contributed by atoms with Gasteiger partial charge in [-0.25, -0.2) is 19.3 Å². The van der Waals surface area contributed by atoms with Gasteiger partial charge in [0.15, 0.2) is 11.6 Å². The number of hydrogen-bond acceptors (Lipinski definition) is 5. The van der Waals surface area contributed by atoms with Crippen molar-refractivity contribution in [1.29, 1.82) is 0 Å². The van der Waals surface area contributed by atoms with E-state index in [9.17, 15) is 4.39 Å². The first-order valence-corrected chi connectivity index (χ1v) is 7.73. The van der Waals surface area contributed by atoms with Crippen molar-refractivity contribution in [1.82, 2.24) is 15.0 Å². The highest BCUT2D eigenvalue weighted by Crippen LogP contribution is 2.32. The highest BCUT2D eigenvalue weighted by molar-refractivity contribution is 7.21. The van der Waals surface area contributed by atoms with Crippen LogP contribution in [-0.2, 0) is 0 Å². The van der Waals surface area contributed by atoms with E-state index in [2.05, 4.69) is 15.0 Å². The number of hydrogen-bond donors (Lipinski definition) is 0. The van der Waals surface area contributed by atoms with Crippen molar-refractivity contribution in [2.45, 2.75) is 6.42 Å². The maximum Gasteiger partial charge on any atom is 0.166 e. The Morgan fingerprint density at radius 2 is 2.05 bits per heavy atom. The summed E-state index contributed by atoms with van der Waals surface area (Å²) in [5.74, 6) is 0.124. The second-order valence-corrected chi connectivity index (χ2v) is 6.28. The van der Waals surface area contributed by atoms with Gasteiger partial charge in [-0.05, 0) is 18.6 Å². The van der Waals surface area contributed by atoms with E-state index in [-0.39, 0.29) is 5.82 Å². The van der Waals surface area contributed by atoms with Crippen molar-refractivity contribution < 1.29 is 4.39 Å². The summed E-state index contributed by atoms with van der Waals surface area (Å²) in [5, 5.41) is 1.14. The van der Waals surface area contributed by atoms with Crippen LogP contribution in [0.15, 0.2) is 24.5 Å². The number of nitrogens with zero attached hydrogens (tertiary/aromatic N) is 4. The second kappa shape index (κ2) is 4.89. The van der Waals surface area contributed by atoms with Crippen LogP contribution < -0.4 is 4.90 Å². The minimum Gasteiger partial charge on any atom is -0.354 e. The molecule has 3 aromatic rings. The van der Waals surface area contributed by atoms with Gasteiger partial charge in [-0.2, -0.15) is 0 Å². The van der Waals surface area contributed by atoms with Gasteiger partial charge in [0.2, 0.25) is 0 Å². The van der Waals surface area contributed by atoms with Crippen LogP contribution in [0.5, 0.6) is 0 Å². The SMILES string of the molecule is Fc1cc(-c2nc3cnc(Cl)cc3s2)cnc1N1CCC1. The van der Waals surface area contributed by atoms with Crippen LogP contribution in [0.4, 0.5) is 10.2 Å². The zero-order valence-corrected chi connectivity index (χ0v) is 12.5. The molecule has 0 aromatic carbocycles. The summed E-state index contributed by atoms with van der Waals surface area (Å²) in [6.45, 7) is 1.74. The third-order valence-corrected chi connectivity index (χ3v) is 4.74. The van der Waals surface area contributed by atoms with E-state index in [1.54, 1.807) is 18.5 Å². The van der Waals surface area contributed by atoms with Gasteiger partial charge in [0.1, 0.15) is 15.7 Å². The summed E-state index contributed by atoms with van der Waals surface area (Å²) in [4.78, 5) is 14.6. The van der Waals surface area contributed by atoms with Gasteiger partial charge >= 0.3 is 0 Å². The van der Waals surface area contributed by atoms with Crippen molar-refractivity contribution in [2.75, 3.05) is 18.0 Å². The van der Waals surface area contributed by atoms with Crippen LogP contribution in [0.3, 0.4) is 0 Å². The highest BCUT2D eigenvalue weighted by atomic mass is 35.5. The molecule has 1 aliphatic heterocycles. The van der Waals surface area contributed by atoms with Gasteiger partial charge in [-0.3, -0.25) is 0 Å². The highest BCUT2D eigenvalue weighted by Gasteiger charge is 2.20. The van der Waals surface area contributed by atoms with Crippen molar-refractivity contribution in [3.8, 4) is 10.6 Å². The molecule has 0 radical (unpaired) electrons. The van der Waals surface area contributed by atoms with Crippen molar-refractivity contribution >= 4 is 39.0 Å². The molecule has 0 aliphatic carbocycles. The van der Waals surface area contributed by atoms with E-state index < -0.39 is 0 Å². The van der Waals surface area contributed by atoms with Gasteiger partial charge in [-0.15, -0.1) is 11.3 Å². The van der Waals surface area contributed by atoms with Gasteiger partial charge in [-0.1, -0.05) is 11.6 Å². The maximum atomic E-state index is 14.2. The van der Waals surface area contributed by atoms with Gasteiger partial charge < -0.3 is 4.90 Å². The quantitative estimate of drug-likeness (QED) is 0.674. The number of anilines is 1. The molecule has 0 saturated carbocycles. The molecule has 0 bridgehead atoms. The minimum atomic E-state index is -0.303. The molecular formula is C14H10ClFN4S. The molecule has 106 valence electrons. The normalized spacial score (nSPS) is 14.5. The summed E-state index contributed by atoms with van der Waals surface area (Å²) in [6.07, 6.45) is 4.38. The van der Waals surface area contributed by atoms with Crippen molar-refractivity contribution in [2.24, 2.45) is 0 Å². The zero-order chi connectivity index (χ0) is 14.4. The predicted octanol–water partition coefficient (Wildman–Crippen LogP) is 3.76. The van der Waals surface area contributed by atoms with E-state index in [1.807, 2.05) is 4.90 Å². The molecule has 3 aromatic heterocycles. The average Bonchev–Trinajstić information content (AvgIpc) is 2.82. The lowest BCUT2D eigenvalue weighted by molar-refractivity contribution is 0.563. The summed E-state index contributed by atoms with van der Waals surface area (Å²) < 4.78 is 15.1. The predicted molar refractivity (Wildman–Crippen MR) is 82.4 cm³/mol. The topological polar surface area (TPSA) is 41.9 Å². The van der Waals surface area contributed by atoms with E-state index in [0.29, 0.717) is 16.5 Å².